The lowest BCUT2D eigenvalue weighted by atomic mass is 9.91. The minimum Gasteiger partial charge on any atom is -0.444 e. The van der Waals surface area contributed by atoms with Crippen molar-refractivity contribution in [2.24, 2.45) is 0 Å². The summed E-state index contributed by atoms with van der Waals surface area (Å²) in [7, 11) is 1.62. The number of nitrogens with one attached hydrogen (secondary N) is 2. The molecule has 4 heterocycles. The van der Waals surface area contributed by atoms with Crippen molar-refractivity contribution in [1.29, 1.82) is 0 Å². The molecule has 3 atom stereocenters. The summed E-state index contributed by atoms with van der Waals surface area (Å²) in [5.41, 5.74) is 2.71. The van der Waals surface area contributed by atoms with E-state index in [1.54, 1.807) is 22.6 Å². The lowest BCUT2D eigenvalue weighted by Crippen LogP contribution is -2.46. The van der Waals surface area contributed by atoms with Crippen molar-refractivity contribution < 1.29 is 19.1 Å². The molecule has 6 rings (SSSR count). The third kappa shape index (κ3) is 4.00. The number of nitrogens with zero attached hydrogens (tertiary/aromatic N) is 2. The van der Waals surface area contributed by atoms with E-state index >= 15 is 0 Å². The summed E-state index contributed by atoms with van der Waals surface area (Å²) < 4.78 is 13.2. The molecule has 0 unspecified atom stereocenters. The first-order valence-electron chi connectivity index (χ1n) is 12.4. The molecule has 192 valence electrons. The van der Waals surface area contributed by atoms with Crippen LogP contribution in [0.3, 0.4) is 0 Å². The average Bonchev–Trinajstić information content (AvgIpc) is 3.39. The molecule has 1 aromatic heterocycles. The molecule has 3 aliphatic heterocycles. The van der Waals surface area contributed by atoms with Gasteiger partial charge in [-0.1, -0.05) is 18.2 Å². The minimum absolute atomic E-state index is 0.0418. The van der Waals surface area contributed by atoms with Crippen molar-refractivity contribution in [2.45, 2.75) is 42.5 Å². The second-order valence-electron chi connectivity index (χ2n) is 9.78. The number of carbonyl (C=O) groups is 2. The zero-order chi connectivity index (χ0) is 25.7. The number of pyridine rings is 1. The molecule has 10 heteroatoms. The standard InChI is InChI=1S/C27H28N4O5S/c1-27(19-7-3-5-16-8-11-23(33)31(24(16)19)25(27)35-2)28-12-4-6-18-14-30(26(34)36-18)17-9-10-21-20(13-17)29-22(32)15-37-21/h3,5,7-11,13,18,25,28H,4,6,12,14-15H2,1-2H3,(H,29,32)/t18-,25+,27+/m1/s1. The topological polar surface area (TPSA) is 102 Å². The maximum absolute atomic E-state index is 12.7. The van der Waals surface area contributed by atoms with E-state index in [1.807, 2.05) is 42.5 Å². The highest BCUT2D eigenvalue weighted by molar-refractivity contribution is 8.00. The van der Waals surface area contributed by atoms with Gasteiger partial charge in [0.2, 0.25) is 5.91 Å². The maximum Gasteiger partial charge on any atom is 0.414 e. The van der Waals surface area contributed by atoms with Gasteiger partial charge in [0.25, 0.3) is 5.56 Å². The molecule has 2 aromatic carbocycles. The molecule has 2 amide bonds. The fourth-order valence-corrected chi connectivity index (χ4v) is 6.47. The van der Waals surface area contributed by atoms with Crippen LogP contribution in [-0.2, 0) is 19.8 Å². The van der Waals surface area contributed by atoms with Crippen molar-refractivity contribution in [3.63, 3.8) is 0 Å². The lowest BCUT2D eigenvalue weighted by Gasteiger charge is -2.33. The zero-order valence-corrected chi connectivity index (χ0v) is 21.5. The fourth-order valence-electron chi connectivity index (χ4n) is 5.68. The monoisotopic (exact) mass is 520 g/mol. The van der Waals surface area contributed by atoms with E-state index in [0.717, 1.165) is 33.5 Å². The first-order valence-corrected chi connectivity index (χ1v) is 13.3. The molecule has 0 spiro atoms. The Hall–Kier alpha value is -3.34. The molecule has 37 heavy (non-hydrogen) atoms. The second kappa shape index (κ2) is 9.20. The van der Waals surface area contributed by atoms with Gasteiger partial charge in [0.15, 0.2) is 6.23 Å². The van der Waals surface area contributed by atoms with Gasteiger partial charge >= 0.3 is 6.09 Å². The Bertz CT molecular complexity index is 1470. The molecule has 2 N–H and O–H groups in total. The predicted molar refractivity (Wildman–Crippen MR) is 142 cm³/mol. The van der Waals surface area contributed by atoms with E-state index in [9.17, 15) is 14.4 Å². The van der Waals surface area contributed by atoms with Gasteiger partial charge in [-0.3, -0.25) is 19.1 Å². The molecule has 1 saturated heterocycles. The summed E-state index contributed by atoms with van der Waals surface area (Å²) in [6.07, 6.45) is 0.389. The number of ether oxygens (including phenoxy) is 2. The highest BCUT2D eigenvalue weighted by Gasteiger charge is 2.45. The number of amides is 2. The van der Waals surface area contributed by atoms with Crippen LogP contribution in [0.15, 0.2) is 58.2 Å². The molecule has 0 aliphatic carbocycles. The van der Waals surface area contributed by atoms with Gasteiger partial charge in [-0.05, 0) is 56.0 Å². The SMILES string of the molecule is CO[C@@H]1n2c(=O)ccc3cccc(c32)[C@]1(C)NCCC[C@@H]1CN(c2ccc3c(c2)NC(=O)CS3)C(=O)O1. The fraction of sp³-hybridized carbons (Fsp3) is 0.370. The van der Waals surface area contributed by atoms with Crippen molar-refractivity contribution in [3.05, 3.63) is 64.4 Å². The van der Waals surface area contributed by atoms with Gasteiger partial charge in [0.05, 0.1) is 29.0 Å². The van der Waals surface area contributed by atoms with Crippen LogP contribution in [-0.4, -0.2) is 48.6 Å². The molecule has 0 saturated carbocycles. The minimum atomic E-state index is -0.578. The van der Waals surface area contributed by atoms with E-state index in [4.69, 9.17) is 9.47 Å². The van der Waals surface area contributed by atoms with E-state index in [2.05, 4.69) is 17.6 Å². The number of carbonyl (C=O) groups excluding carboxylic acids is 2. The molecule has 3 aromatic rings. The molecular formula is C27H28N4O5S. The number of anilines is 2. The number of hydrogen-bond donors (Lipinski definition) is 2. The van der Waals surface area contributed by atoms with Gasteiger partial charge in [-0.2, -0.15) is 0 Å². The van der Waals surface area contributed by atoms with Crippen LogP contribution >= 0.6 is 11.8 Å². The van der Waals surface area contributed by atoms with Crippen molar-refractivity contribution in [1.82, 2.24) is 9.88 Å². The highest BCUT2D eigenvalue weighted by atomic mass is 32.2. The lowest BCUT2D eigenvalue weighted by molar-refractivity contribution is -0.113. The Labute approximate surface area is 218 Å². The van der Waals surface area contributed by atoms with Gasteiger partial charge in [0.1, 0.15) is 6.10 Å². The first kappa shape index (κ1) is 24.0. The number of fused-ring (bicyclic) bond motifs is 1. The number of thioether (sulfide) groups is 1. The number of cyclic esters (lactones) is 1. The number of para-hydroxylation sites is 1. The summed E-state index contributed by atoms with van der Waals surface area (Å²) in [6.45, 7) is 3.18. The third-order valence-corrected chi connectivity index (χ3v) is 8.51. The molecule has 3 aliphatic rings. The van der Waals surface area contributed by atoms with Crippen LogP contribution in [0.4, 0.5) is 16.2 Å². The summed E-state index contributed by atoms with van der Waals surface area (Å²) in [5, 5.41) is 7.50. The van der Waals surface area contributed by atoms with E-state index < -0.39 is 11.8 Å². The normalized spacial score (nSPS) is 24.3. The number of rotatable bonds is 7. The largest absolute Gasteiger partial charge is 0.444 e. The summed E-state index contributed by atoms with van der Waals surface area (Å²) >= 11 is 1.49. The van der Waals surface area contributed by atoms with E-state index in [0.29, 0.717) is 31.0 Å². The van der Waals surface area contributed by atoms with Crippen LogP contribution in [0.2, 0.25) is 0 Å². The summed E-state index contributed by atoms with van der Waals surface area (Å²) in [4.78, 5) is 39.7. The van der Waals surface area contributed by atoms with Crippen LogP contribution in [0.25, 0.3) is 10.9 Å². The third-order valence-electron chi connectivity index (χ3n) is 7.44. The molecule has 1 fully saturated rings. The van der Waals surface area contributed by atoms with E-state index in [-0.39, 0.29) is 23.7 Å². The van der Waals surface area contributed by atoms with Crippen molar-refractivity contribution in [2.75, 3.05) is 36.2 Å². The smallest absolute Gasteiger partial charge is 0.414 e. The van der Waals surface area contributed by atoms with E-state index in [1.165, 1.54) is 11.8 Å². The number of methoxy groups -OCH3 is 1. The Morgan fingerprint density at radius 3 is 2.89 bits per heavy atom. The average molecular weight is 521 g/mol. The number of hydrogen-bond acceptors (Lipinski definition) is 7. The van der Waals surface area contributed by atoms with Crippen LogP contribution in [0.1, 0.15) is 31.6 Å². The summed E-state index contributed by atoms with van der Waals surface area (Å²) in [6, 6.07) is 15.1. The Morgan fingerprint density at radius 2 is 2.05 bits per heavy atom. The van der Waals surface area contributed by atoms with Gasteiger partial charge in [0, 0.05) is 29.3 Å². The second-order valence-corrected chi connectivity index (χ2v) is 10.8. The molecule has 0 radical (unpaired) electrons. The van der Waals surface area contributed by atoms with Crippen LogP contribution < -0.4 is 21.1 Å². The molecule has 0 bridgehead atoms. The van der Waals surface area contributed by atoms with Crippen molar-refractivity contribution in [3.8, 4) is 0 Å². The molecular weight excluding hydrogens is 492 g/mol. The van der Waals surface area contributed by atoms with Crippen LogP contribution in [0.5, 0.6) is 0 Å². The first-order chi connectivity index (χ1) is 17.9. The maximum atomic E-state index is 12.7. The van der Waals surface area contributed by atoms with Gasteiger partial charge in [-0.15, -0.1) is 11.8 Å². The molecule has 9 nitrogen and oxygen atoms in total. The predicted octanol–water partition coefficient (Wildman–Crippen LogP) is 3.81. The Balaban J connectivity index is 1.10. The highest BCUT2D eigenvalue weighted by Crippen LogP contribution is 2.44. The van der Waals surface area contributed by atoms with Crippen molar-refractivity contribution >= 4 is 46.0 Å². The van der Waals surface area contributed by atoms with Gasteiger partial charge in [-0.25, -0.2) is 4.79 Å². The Morgan fingerprint density at radius 1 is 1.19 bits per heavy atom. The summed E-state index contributed by atoms with van der Waals surface area (Å²) in [5.74, 6) is 0.357. The zero-order valence-electron chi connectivity index (χ0n) is 20.7. The number of aromatic nitrogens is 1. The van der Waals surface area contributed by atoms with Gasteiger partial charge < -0.3 is 20.1 Å². The van der Waals surface area contributed by atoms with Crippen LogP contribution in [0, 0.1) is 0 Å². The number of benzene rings is 2. The Kier molecular flexibility index (Phi) is 5.97. The quantitative estimate of drug-likeness (QED) is 0.457.